The second kappa shape index (κ2) is 8.71. The average Bonchev–Trinajstić information content (AvgIpc) is 3.31. The van der Waals surface area contributed by atoms with E-state index >= 15 is 0 Å². The summed E-state index contributed by atoms with van der Waals surface area (Å²) in [4.78, 5) is 0.281. The van der Waals surface area contributed by atoms with Crippen molar-refractivity contribution in [2.24, 2.45) is 5.92 Å². The van der Waals surface area contributed by atoms with Gasteiger partial charge in [0.1, 0.15) is 11.9 Å². The Hall–Kier alpha value is -2.90. The lowest BCUT2D eigenvalue weighted by molar-refractivity contribution is 0.240. The zero-order valence-electron chi connectivity index (χ0n) is 18.6. The Morgan fingerprint density at radius 1 is 0.971 bits per heavy atom. The molecule has 5 nitrogen and oxygen atoms in total. The first kappa shape index (κ1) is 21.6. The largest absolute Gasteiger partial charge is 0.489 e. The predicted octanol–water partition coefficient (Wildman–Crippen LogP) is 5.81. The van der Waals surface area contributed by atoms with Gasteiger partial charge in [0, 0.05) is 28.8 Å². The van der Waals surface area contributed by atoms with Crippen LogP contribution in [0.4, 0.5) is 11.4 Å². The molecular weight excluding hydrogens is 464 g/mol. The molecule has 0 aromatic heterocycles. The highest BCUT2D eigenvalue weighted by molar-refractivity contribution is 8.00. The van der Waals surface area contributed by atoms with E-state index in [1.165, 1.54) is 5.56 Å². The van der Waals surface area contributed by atoms with Gasteiger partial charge < -0.3 is 10.1 Å². The SMILES string of the molecule is O=S(=O)(Nc1ccccc1)c1ccc2c(c1)[C@H]1C=CC[C@H]1[C@@H](c1cccc(OC3CSC3)c1)N2. The summed E-state index contributed by atoms with van der Waals surface area (Å²) >= 11 is 1.91. The minimum atomic E-state index is -3.68. The Kier molecular flexibility index (Phi) is 5.54. The van der Waals surface area contributed by atoms with E-state index < -0.39 is 10.0 Å². The fourth-order valence-corrected chi connectivity index (χ4v) is 6.70. The van der Waals surface area contributed by atoms with Crippen LogP contribution in [0.15, 0.2) is 89.8 Å². The van der Waals surface area contributed by atoms with Gasteiger partial charge in [-0.3, -0.25) is 4.72 Å². The fourth-order valence-electron chi connectivity index (χ4n) is 5.05. The Labute approximate surface area is 204 Å². The van der Waals surface area contributed by atoms with Gasteiger partial charge in [-0.2, -0.15) is 11.8 Å². The number of thioether (sulfide) groups is 1. The minimum absolute atomic E-state index is 0.136. The topological polar surface area (TPSA) is 67.4 Å². The summed E-state index contributed by atoms with van der Waals surface area (Å²) in [5.41, 5.74) is 3.78. The van der Waals surface area contributed by atoms with E-state index in [2.05, 4.69) is 40.4 Å². The van der Waals surface area contributed by atoms with Crippen molar-refractivity contribution in [1.82, 2.24) is 0 Å². The van der Waals surface area contributed by atoms with Crippen molar-refractivity contribution in [2.45, 2.75) is 29.4 Å². The number of anilines is 2. The second-order valence-electron chi connectivity index (χ2n) is 9.05. The summed E-state index contributed by atoms with van der Waals surface area (Å²) in [6.45, 7) is 0. The summed E-state index contributed by atoms with van der Waals surface area (Å²) in [5.74, 6) is 3.52. The van der Waals surface area contributed by atoms with Crippen molar-refractivity contribution in [3.8, 4) is 5.75 Å². The van der Waals surface area contributed by atoms with E-state index in [1.54, 1.807) is 18.2 Å². The molecule has 2 N–H and O–H groups in total. The monoisotopic (exact) mass is 490 g/mol. The molecule has 3 aromatic carbocycles. The average molecular weight is 491 g/mol. The van der Waals surface area contributed by atoms with Crippen molar-refractivity contribution in [3.63, 3.8) is 0 Å². The van der Waals surface area contributed by atoms with Crippen LogP contribution in [0.3, 0.4) is 0 Å². The molecule has 0 unspecified atom stereocenters. The molecule has 3 atom stereocenters. The lowest BCUT2D eigenvalue weighted by atomic mass is 9.77. The number of hydrogen-bond acceptors (Lipinski definition) is 5. The van der Waals surface area contributed by atoms with E-state index in [0.717, 1.165) is 34.9 Å². The first-order valence-electron chi connectivity index (χ1n) is 11.6. The number of allylic oxidation sites excluding steroid dienone is 2. The lowest BCUT2D eigenvalue weighted by Gasteiger charge is -2.38. The summed E-state index contributed by atoms with van der Waals surface area (Å²) < 4.78 is 34.9. The molecule has 7 heteroatoms. The van der Waals surface area contributed by atoms with Gasteiger partial charge in [-0.25, -0.2) is 8.42 Å². The Bertz CT molecular complexity index is 1340. The van der Waals surface area contributed by atoms with Gasteiger partial charge in [-0.05, 0) is 65.9 Å². The van der Waals surface area contributed by atoms with Crippen LogP contribution < -0.4 is 14.8 Å². The van der Waals surface area contributed by atoms with Crippen LogP contribution in [0.25, 0.3) is 0 Å². The van der Waals surface area contributed by atoms with Crippen LogP contribution in [0.5, 0.6) is 5.75 Å². The van der Waals surface area contributed by atoms with Gasteiger partial charge in [0.2, 0.25) is 0 Å². The van der Waals surface area contributed by atoms with E-state index in [-0.39, 0.29) is 16.9 Å². The van der Waals surface area contributed by atoms with Gasteiger partial charge >= 0.3 is 0 Å². The summed E-state index contributed by atoms with van der Waals surface area (Å²) in [6.07, 6.45) is 5.70. The zero-order valence-corrected chi connectivity index (χ0v) is 20.2. The molecule has 0 spiro atoms. The number of ether oxygens (including phenoxy) is 1. The normalized spacial score (nSPS) is 23.4. The third-order valence-electron chi connectivity index (χ3n) is 6.80. The second-order valence-corrected chi connectivity index (χ2v) is 11.8. The fraction of sp³-hybridized carbons (Fsp3) is 0.259. The molecule has 3 aliphatic rings. The highest BCUT2D eigenvalue weighted by atomic mass is 32.2. The molecule has 2 aliphatic heterocycles. The highest BCUT2D eigenvalue weighted by Gasteiger charge is 2.38. The molecule has 1 saturated heterocycles. The van der Waals surface area contributed by atoms with Gasteiger partial charge in [0.15, 0.2) is 0 Å². The van der Waals surface area contributed by atoms with Crippen LogP contribution in [0.1, 0.15) is 29.5 Å². The van der Waals surface area contributed by atoms with Crippen molar-refractivity contribution >= 4 is 33.2 Å². The summed E-state index contributed by atoms with van der Waals surface area (Å²) in [7, 11) is -3.68. The third-order valence-corrected chi connectivity index (χ3v) is 9.39. The number of benzene rings is 3. The van der Waals surface area contributed by atoms with Crippen molar-refractivity contribution in [3.05, 3.63) is 96.1 Å². The Balaban J connectivity index is 1.29. The zero-order chi connectivity index (χ0) is 23.1. The molecule has 174 valence electrons. The number of hydrogen-bond donors (Lipinski definition) is 2. The Morgan fingerprint density at radius 2 is 1.82 bits per heavy atom. The molecule has 1 aliphatic carbocycles. The molecule has 3 aromatic rings. The molecular formula is C27H26N2O3S2. The Morgan fingerprint density at radius 3 is 2.62 bits per heavy atom. The molecule has 0 radical (unpaired) electrons. The lowest BCUT2D eigenvalue weighted by Crippen LogP contribution is -2.31. The number of fused-ring (bicyclic) bond motifs is 3. The first-order chi connectivity index (χ1) is 16.6. The van der Waals surface area contributed by atoms with E-state index in [1.807, 2.05) is 48.2 Å². The first-order valence-corrected chi connectivity index (χ1v) is 14.2. The molecule has 0 bridgehead atoms. The van der Waals surface area contributed by atoms with E-state index in [9.17, 15) is 8.42 Å². The summed E-state index contributed by atoms with van der Waals surface area (Å²) in [5, 5.41) is 3.71. The maximum Gasteiger partial charge on any atom is 0.261 e. The van der Waals surface area contributed by atoms with Crippen LogP contribution >= 0.6 is 11.8 Å². The number of sulfonamides is 1. The number of nitrogens with one attached hydrogen (secondary N) is 2. The molecule has 0 saturated carbocycles. The van der Waals surface area contributed by atoms with Crippen LogP contribution in [-0.2, 0) is 10.0 Å². The maximum absolute atomic E-state index is 13.1. The third kappa shape index (κ3) is 4.07. The standard InChI is InChI=1S/C27H26N2O3S2/c30-34(31,29-19-7-2-1-3-8-19)22-12-13-26-25(15-22)23-10-5-11-24(23)27(28-26)18-6-4-9-20(14-18)32-21-16-33-17-21/h1-10,12-15,21,23-24,27-29H,11,16-17H2/t23-,24+,27+/m0/s1. The smallest absolute Gasteiger partial charge is 0.261 e. The van der Waals surface area contributed by atoms with Crippen molar-refractivity contribution < 1.29 is 13.2 Å². The van der Waals surface area contributed by atoms with Gasteiger partial charge in [-0.15, -0.1) is 0 Å². The van der Waals surface area contributed by atoms with Gasteiger partial charge in [0.05, 0.1) is 10.9 Å². The molecule has 2 heterocycles. The molecule has 0 amide bonds. The van der Waals surface area contributed by atoms with Crippen LogP contribution in [0.2, 0.25) is 0 Å². The quantitative estimate of drug-likeness (QED) is 0.427. The van der Waals surface area contributed by atoms with Crippen molar-refractivity contribution in [1.29, 1.82) is 0 Å². The van der Waals surface area contributed by atoms with Gasteiger partial charge in [0.25, 0.3) is 10.0 Å². The van der Waals surface area contributed by atoms with Crippen molar-refractivity contribution in [2.75, 3.05) is 21.5 Å². The molecule has 6 rings (SSSR count). The minimum Gasteiger partial charge on any atom is -0.489 e. The van der Waals surface area contributed by atoms with E-state index in [0.29, 0.717) is 17.7 Å². The summed E-state index contributed by atoms with van der Waals surface area (Å²) in [6, 6.07) is 22.9. The maximum atomic E-state index is 13.1. The predicted molar refractivity (Wildman–Crippen MR) is 138 cm³/mol. The van der Waals surface area contributed by atoms with Crippen LogP contribution in [0, 0.1) is 5.92 Å². The number of para-hydroxylation sites is 1. The van der Waals surface area contributed by atoms with E-state index in [4.69, 9.17) is 4.74 Å². The number of rotatable bonds is 6. The molecule has 1 fully saturated rings. The highest BCUT2D eigenvalue weighted by Crippen LogP contribution is 2.50. The molecule has 34 heavy (non-hydrogen) atoms. The van der Waals surface area contributed by atoms with Gasteiger partial charge in [-0.1, -0.05) is 42.5 Å². The van der Waals surface area contributed by atoms with Crippen LogP contribution in [-0.4, -0.2) is 26.0 Å².